The van der Waals surface area contributed by atoms with Crippen molar-refractivity contribution in [1.29, 1.82) is 0 Å². The highest BCUT2D eigenvalue weighted by Crippen LogP contribution is 2.27. The molecule has 0 aliphatic rings. The Labute approximate surface area is 130 Å². The number of hydrogen-bond acceptors (Lipinski definition) is 4. The normalized spacial score (nSPS) is 10.8. The van der Waals surface area contributed by atoms with Crippen LogP contribution in [-0.4, -0.2) is 22.5 Å². The fraction of sp³-hybridized carbons (Fsp3) is 0.125. The summed E-state index contributed by atoms with van der Waals surface area (Å²) in [4.78, 5) is 15.8. The van der Waals surface area contributed by atoms with Gasteiger partial charge in [0.25, 0.3) is 0 Å². The number of hydrogen-bond donors (Lipinski definition) is 1. The van der Waals surface area contributed by atoms with Gasteiger partial charge in [0.05, 0.1) is 19.0 Å². The molecule has 0 atom stereocenters. The number of benzene rings is 1. The van der Waals surface area contributed by atoms with Gasteiger partial charge in [0, 0.05) is 0 Å². The summed E-state index contributed by atoms with van der Waals surface area (Å²) in [6.07, 6.45) is 2.65. The largest absolute Gasteiger partial charge is 0.465 e. The number of anilines is 2. The second-order valence-corrected chi connectivity index (χ2v) is 5.00. The van der Waals surface area contributed by atoms with E-state index in [1.54, 1.807) is 13.0 Å². The lowest BCUT2D eigenvalue weighted by Crippen LogP contribution is -2.11. The molecule has 5 nitrogen and oxygen atoms in total. The summed E-state index contributed by atoms with van der Waals surface area (Å²) >= 11 is 0. The molecule has 23 heavy (non-hydrogen) atoms. The standard InChI is InChI=1S/C16H13F2N3O2/c1-9-3-4-13(11(17)5-9)20-15-10(16(22)23-2)6-12(18)14-7-19-8-21(14)15/h3-8,20H,1-2H3. The lowest BCUT2D eigenvalue weighted by Gasteiger charge is -2.14. The summed E-state index contributed by atoms with van der Waals surface area (Å²) < 4.78 is 34.1. The van der Waals surface area contributed by atoms with Gasteiger partial charge in [-0.1, -0.05) is 6.07 Å². The second-order valence-electron chi connectivity index (χ2n) is 5.00. The first kappa shape index (κ1) is 15.0. The maximum Gasteiger partial charge on any atom is 0.341 e. The molecule has 0 unspecified atom stereocenters. The molecule has 0 saturated heterocycles. The Morgan fingerprint density at radius 3 is 2.74 bits per heavy atom. The van der Waals surface area contributed by atoms with Crippen molar-refractivity contribution < 1.29 is 18.3 Å². The molecule has 2 heterocycles. The Hall–Kier alpha value is -2.96. The molecule has 0 spiro atoms. The first-order valence-electron chi connectivity index (χ1n) is 6.77. The summed E-state index contributed by atoms with van der Waals surface area (Å²) in [6, 6.07) is 5.65. The van der Waals surface area contributed by atoms with Gasteiger partial charge >= 0.3 is 5.97 Å². The SMILES string of the molecule is COC(=O)c1cc(F)c2cncn2c1Nc1ccc(C)cc1F. The third-order valence-electron chi connectivity index (χ3n) is 3.43. The van der Waals surface area contributed by atoms with E-state index in [-0.39, 0.29) is 22.6 Å². The number of nitrogens with one attached hydrogen (secondary N) is 1. The smallest absolute Gasteiger partial charge is 0.341 e. The highest BCUT2D eigenvalue weighted by Gasteiger charge is 2.20. The molecule has 0 bridgehead atoms. The van der Waals surface area contributed by atoms with Gasteiger partial charge in [-0.3, -0.25) is 4.40 Å². The highest BCUT2D eigenvalue weighted by molar-refractivity contribution is 5.96. The predicted molar refractivity (Wildman–Crippen MR) is 80.9 cm³/mol. The number of aryl methyl sites for hydroxylation is 1. The van der Waals surface area contributed by atoms with E-state index in [0.717, 1.165) is 11.6 Å². The van der Waals surface area contributed by atoms with Crippen LogP contribution in [-0.2, 0) is 4.74 Å². The number of ether oxygens (including phenoxy) is 1. The van der Waals surface area contributed by atoms with E-state index in [2.05, 4.69) is 15.0 Å². The summed E-state index contributed by atoms with van der Waals surface area (Å²) in [5, 5.41) is 2.82. The molecule has 1 N–H and O–H groups in total. The number of fused-ring (bicyclic) bond motifs is 1. The lowest BCUT2D eigenvalue weighted by atomic mass is 10.2. The van der Waals surface area contributed by atoms with Gasteiger partial charge in [0.2, 0.25) is 0 Å². The van der Waals surface area contributed by atoms with Crippen LogP contribution in [0.1, 0.15) is 15.9 Å². The Morgan fingerprint density at radius 1 is 1.26 bits per heavy atom. The van der Waals surface area contributed by atoms with Gasteiger partial charge in [-0.2, -0.15) is 0 Å². The van der Waals surface area contributed by atoms with Gasteiger partial charge < -0.3 is 10.1 Å². The Morgan fingerprint density at radius 2 is 2.04 bits per heavy atom. The number of aromatic nitrogens is 2. The van der Waals surface area contributed by atoms with E-state index in [4.69, 9.17) is 0 Å². The molecule has 0 amide bonds. The number of methoxy groups -OCH3 is 1. The molecule has 0 aliphatic carbocycles. The number of rotatable bonds is 3. The number of imidazole rings is 1. The molecule has 3 rings (SSSR count). The van der Waals surface area contributed by atoms with Crippen molar-refractivity contribution in [2.24, 2.45) is 0 Å². The quantitative estimate of drug-likeness (QED) is 0.752. The number of esters is 1. The fourth-order valence-corrected chi connectivity index (χ4v) is 2.29. The molecule has 3 aromatic rings. The molecule has 1 aromatic carbocycles. The van der Waals surface area contributed by atoms with Crippen LogP contribution in [0.25, 0.3) is 5.52 Å². The highest BCUT2D eigenvalue weighted by atomic mass is 19.1. The molecule has 0 fully saturated rings. The third-order valence-corrected chi connectivity index (χ3v) is 3.43. The van der Waals surface area contributed by atoms with Crippen molar-refractivity contribution in [2.45, 2.75) is 6.92 Å². The zero-order chi connectivity index (χ0) is 16.6. The minimum absolute atomic E-state index is 0.0597. The van der Waals surface area contributed by atoms with Crippen LogP contribution in [0.2, 0.25) is 0 Å². The number of carbonyl (C=O) groups is 1. The first-order valence-corrected chi connectivity index (χ1v) is 6.77. The van der Waals surface area contributed by atoms with Crippen LogP contribution in [0.5, 0.6) is 0 Å². The van der Waals surface area contributed by atoms with Gasteiger partial charge in [0.15, 0.2) is 0 Å². The van der Waals surface area contributed by atoms with Crippen molar-refractivity contribution in [3.8, 4) is 0 Å². The van der Waals surface area contributed by atoms with Crippen LogP contribution in [0.4, 0.5) is 20.3 Å². The fourth-order valence-electron chi connectivity index (χ4n) is 2.29. The van der Waals surface area contributed by atoms with Gasteiger partial charge in [-0.05, 0) is 30.7 Å². The summed E-state index contributed by atoms with van der Waals surface area (Å²) in [5.74, 6) is -1.68. The van der Waals surface area contributed by atoms with E-state index >= 15 is 0 Å². The minimum atomic E-state index is -0.741. The van der Waals surface area contributed by atoms with E-state index in [1.165, 1.54) is 36.2 Å². The van der Waals surface area contributed by atoms with E-state index in [0.29, 0.717) is 0 Å². The van der Waals surface area contributed by atoms with Crippen molar-refractivity contribution in [2.75, 3.05) is 12.4 Å². The number of halogens is 2. The maximum absolute atomic E-state index is 14.1. The van der Waals surface area contributed by atoms with E-state index in [1.807, 2.05) is 0 Å². The van der Waals surface area contributed by atoms with Crippen LogP contribution >= 0.6 is 0 Å². The van der Waals surface area contributed by atoms with Gasteiger partial charge in [0.1, 0.15) is 34.9 Å². The predicted octanol–water partition coefficient (Wildman–Crippen LogP) is 3.45. The summed E-state index contributed by atoms with van der Waals surface area (Å²) in [6.45, 7) is 1.76. The Kier molecular flexibility index (Phi) is 3.69. The molecular formula is C16H13F2N3O2. The number of nitrogens with zero attached hydrogens (tertiary/aromatic N) is 2. The van der Waals surface area contributed by atoms with E-state index in [9.17, 15) is 13.6 Å². The zero-order valence-electron chi connectivity index (χ0n) is 12.4. The van der Waals surface area contributed by atoms with E-state index < -0.39 is 17.6 Å². The lowest BCUT2D eigenvalue weighted by molar-refractivity contribution is 0.0601. The third kappa shape index (κ3) is 2.61. The molecule has 0 saturated carbocycles. The number of carbonyl (C=O) groups excluding carboxylic acids is 1. The topological polar surface area (TPSA) is 55.6 Å². The number of pyridine rings is 1. The average molecular weight is 317 g/mol. The minimum Gasteiger partial charge on any atom is -0.465 e. The first-order chi connectivity index (χ1) is 11.0. The van der Waals surface area contributed by atoms with Crippen molar-refractivity contribution in [3.63, 3.8) is 0 Å². The molecule has 7 heteroatoms. The molecular weight excluding hydrogens is 304 g/mol. The van der Waals surface area contributed by atoms with Crippen LogP contribution in [0.15, 0.2) is 36.8 Å². The van der Waals surface area contributed by atoms with Crippen LogP contribution in [0.3, 0.4) is 0 Å². The molecule has 2 aromatic heterocycles. The van der Waals surface area contributed by atoms with Crippen molar-refractivity contribution >= 4 is 23.0 Å². The second kappa shape index (κ2) is 5.68. The van der Waals surface area contributed by atoms with Crippen molar-refractivity contribution in [3.05, 3.63) is 59.6 Å². The summed E-state index contributed by atoms with van der Waals surface area (Å²) in [5.41, 5.74) is 1.01. The molecule has 118 valence electrons. The van der Waals surface area contributed by atoms with Gasteiger partial charge in [-0.15, -0.1) is 0 Å². The molecule has 0 aliphatic heterocycles. The average Bonchev–Trinajstić information content (AvgIpc) is 3.01. The van der Waals surface area contributed by atoms with Crippen LogP contribution < -0.4 is 5.32 Å². The Balaban J connectivity index is 2.20. The van der Waals surface area contributed by atoms with Crippen molar-refractivity contribution in [1.82, 2.24) is 9.38 Å². The maximum atomic E-state index is 14.1. The Bertz CT molecular complexity index is 906. The van der Waals surface area contributed by atoms with Gasteiger partial charge in [-0.25, -0.2) is 18.6 Å². The zero-order valence-corrected chi connectivity index (χ0v) is 12.4. The molecule has 0 radical (unpaired) electrons. The summed E-state index contributed by atoms with van der Waals surface area (Å²) in [7, 11) is 1.19. The monoisotopic (exact) mass is 317 g/mol. The van der Waals surface area contributed by atoms with Crippen LogP contribution in [0, 0.1) is 18.6 Å².